The van der Waals surface area contributed by atoms with Crippen molar-refractivity contribution in [3.8, 4) is 0 Å². The van der Waals surface area contributed by atoms with Gasteiger partial charge in [-0.05, 0) is 43.9 Å². The first-order valence-corrected chi connectivity index (χ1v) is 10.7. The third-order valence-electron chi connectivity index (χ3n) is 6.28. The summed E-state index contributed by atoms with van der Waals surface area (Å²) in [6.45, 7) is 7.02. The molecule has 4 heterocycles. The van der Waals surface area contributed by atoms with Gasteiger partial charge in [0.25, 0.3) is 0 Å². The molecule has 2 aromatic heterocycles. The van der Waals surface area contributed by atoms with Crippen molar-refractivity contribution in [1.29, 1.82) is 0 Å². The molecule has 2 N–H and O–H groups in total. The van der Waals surface area contributed by atoms with Crippen LogP contribution < -0.4 is 10.6 Å². The predicted molar refractivity (Wildman–Crippen MR) is 115 cm³/mol. The average Bonchev–Trinajstić information content (AvgIpc) is 3.37. The van der Waals surface area contributed by atoms with Gasteiger partial charge in [-0.15, -0.1) is 5.10 Å². The SMILES string of the molecule is Cc1cc2ccccc2nc1N1CCC(n2cc(CN3CC[C@@H](N)C3)nn2)CC1. The number of hydrogen-bond donors (Lipinski definition) is 1. The number of aryl methyl sites for hydroxylation is 1. The Morgan fingerprint density at radius 2 is 1.93 bits per heavy atom. The van der Waals surface area contributed by atoms with E-state index in [1.54, 1.807) is 0 Å². The largest absolute Gasteiger partial charge is 0.356 e. The number of hydrogen-bond acceptors (Lipinski definition) is 6. The van der Waals surface area contributed by atoms with Crippen LogP contribution in [-0.4, -0.2) is 57.1 Å². The van der Waals surface area contributed by atoms with E-state index in [1.165, 1.54) is 10.9 Å². The van der Waals surface area contributed by atoms with Crippen molar-refractivity contribution in [3.05, 3.63) is 47.8 Å². The molecule has 2 aliphatic rings. The molecule has 0 unspecified atom stereocenters. The van der Waals surface area contributed by atoms with Crippen molar-refractivity contribution in [2.24, 2.45) is 5.73 Å². The zero-order valence-electron chi connectivity index (χ0n) is 17.0. The van der Waals surface area contributed by atoms with Crippen LogP contribution in [0, 0.1) is 6.92 Å². The van der Waals surface area contributed by atoms with Crippen LogP contribution in [0.15, 0.2) is 36.5 Å². The molecule has 152 valence electrons. The summed E-state index contributed by atoms with van der Waals surface area (Å²) in [6.07, 6.45) is 5.33. The molecule has 5 rings (SSSR count). The lowest BCUT2D eigenvalue weighted by atomic mass is 10.0. The molecule has 0 saturated carbocycles. The third-order valence-corrected chi connectivity index (χ3v) is 6.28. The maximum absolute atomic E-state index is 6.01. The van der Waals surface area contributed by atoms with Crippen LogP contribution in [0.4, 0.5) is 5.82 Å². The Kier molecular flexibility index (Phi) is 4.93. The van der Waals surface area contributed by atoms with Crippen LogP contribution in [0.2, 0.25) is 0 Å². The number of nitrogens with zero attached hydrogens (tertiary/aromatic N) is 6. The summed E-state index contributed by atoms with van der Waals surface area (Å²) < 4.78 is 2.07. The fourth-order valence-corrected chi connectivity index (χ4v) is 4.67. The Labute approximate surface area is 171 Å². The average molecular weight is 392 g/mol. The molecule has 2 aliphatic heterocycles. The van der Waals surface area contributed by atoms with E-state index in [-0.39, 0.29) is 0 Å². The van der Waals surface area contributed by atoms with E-state index in [0.29, 0.717) is 12.1 Å². The summed E-state index contributed by atoms with van der Waals surface area (Å²) in [7, 11) is 0. The Bertz CT molecular complexity index is 990. The monoisotopic (exact) mass is 391 g/mol. The number of nitrogens with two attached hydrogens (primary N) is 1. The topological polar surface area (TPSA) is 76.1 Å². The lowest BCUT2D eigenvalue weighted by Gasteiger charge is -2.33. The number of anilines is 1. The molecule has 29 heavy (non-hydrogen) atoms. The summed E-state index contributed by atoms with van der Waals surface area (Å²) in [5.74, 6) is 1.12. The number of benzene rings is 1. The second kappa shape index (κ2) is 7.72. The predicted octanol–water partition coefficient (Wildman–Crippen LogP) is 2.51. The van der Waals surface area contributed by atoms with Crippen LogP contribution >= 0.6 is 0 Å². The van der Waals surface area contributed by atoms with E-state index in [9.17, 15) is 0 Å². The lowest BCUT2D eigenvalue weighted by molar-refractivity contribution is 0.322. The second-order valence-electron chi connectivity index (χ2n) is 8.51. The summed E-state index contributed by atoms with van der Waals surface area (Å²) in [4.78, 5) is 9.73. The molecule has 1 atom stereocenters. The summed E-state index contributed by atoms with van der Waals surface area (Å²) in [6, 6.07) is 11.3. The Morgan fingerprint density at radius 1 is 1.10 bits per heavy atom. The first-order chi connectivity index (χ1) is 14.2. The highest BCUT2D eigenvalue weighted by atomic mass is 15.4. The zero-order chi connectivity index (χ0) is 19.8. The number of para-hydroxylation sites is 1. The number of likely N-dealkylation sites (tertiary alicyclic amines) is 1. The van der Waals surface area contributed by atoms with E-state index in [2.05, 4.69) is 68.2 Å². The van der Waals surface area contributed by atoms with Gasteiger partial charge in [0.2, 0.25) is 0 Å². The van der Waals surface area contributed by atoms with Crippen molar-refractivity contribution in [2.45, 2.75) is 44.8 Å². The van der Waals surface area contributed by atoms with Crippen molar-refractivity contribution in [3.63, 3.8) is 0 Å². The smallest absolute Gasteiger partial charge is 0.132 e. The molecule has 2 fully saturated rings. The Morgan fingerprint density at radius 3 is 2.72 bits per heavy atom. The van der Waals surface area contributed by atoms with Gasteiger partial charge in [-0.2, -0.15) is 0 Å². The van der Waals surface area contributed by atoms with E-state index < -0.39 is 0 Å². The minimum Gasteiger partial charge on any atom is -0.356 e. The second-order valence-corrected chi connectivity index (χ2v) is 8.51. The highest BCUT2D eigenvalue weighted by Gasteiger charge is 2.25. The van der Waals surface area contributed by atoms with Crippen molar-refractivity contribution in [1.82, 2.24) is 24.9 Å². The highest BCUT2D eigenvalue weighted by Crippen LogP contribution is 2.29. The fourth-order valence-electron chi connectivity index (χ4n) is 4.67. The van der Waals surface area contributed by atoms with Gasteiger partial charge >= 0.3 is 0 Å². The molecule has 0 aliphatic carbocycles. The van der Waals surface area contributed by atoms with E-state index in [0.717, 1.165) is 69.0 Å². The van der Waals surface area contributed by atoms with Crippen LogP contribution in [0.3, 0.4) is 0 Å². The molecular formula is C22H29N7. The van der Waals surface area contributed by atoms with Crippen molar-refractivity contribution >= 4 is 16.7 Å². The number of pyridine rings is 1. The molecule has 7 nitrogen and oxygen atoms in total. The van der Waals surface area contributed by atoms with E-state index in [1.807, 2.05) is 0 Å². The minimum atomic E-state index is 0.307. The molecule has 2 saturated heterocycles. The minimum absolute atomic E-state index is 0.307. The zero-order valence-corrected chi connectivity index (χ0v) is 17.0. The van der Waals surface area contributed by atoms with Crippen LogP contribution in [-0.2, 0) is 6.54 Å². The number of rotatable bonds is 4. The normalized spacial score (nSPS) is 21.3. The summed E-state index contributed by atoms with van der Waals surface area (Å²) >= 11 is 0. The van der Waals surface area contributed by atoms with Crippen LogP contribution in [0.5, 0.6) is 0 Å². The van der Waals surface area contributed by atoms with Gasteiger partial charge in [0.15, 0.2) is 0 Å². The first-order valence-electron chi connectivity index (χ1n) is 10.7. The molecule has 1 aromatic carbocycles. The molecule has 0 radical (unpaired) electrons. The van der Waals surface area contributed by atoms with Gasteiger partial charge in [0.1, 0.15) is 5.82 Å². The Hall–Kier alpha value is -2.51. The van der Waals surface area contributed by atoms with Gasteiger partial charge in [0, 0.05) is 44.2 Å². The van der Waals surface area contributed by atoms with Crippen molar-refractivity contribution in [2.75, 3.05) is 31.1 Å². The molecule has 0 spiro atoms. The summed E-state index contributed by atoms with van der Waals surface area (Å²) in [5.41, 5.74) is 9.37. The number of fused-ring (bicyclic) bond motifs is 1. The molecular weight excluding hydrogens is 362 g/mol. The maximum atomic E-state index is 6.01. The van der Waals surface area contributed by atoms with Crippen LogP contribution in [0.25, 0.3) is 10.9 Å². The van der Waals surface area contributed by atoms with Crippen LogP contribution in [0.1, 0.15) is 36.6 Å². The number of piperidine rings is 1. The fraction of sp³-hybridized carbons (Fsp3) is 0.500. The van der Waals surface area contributed by atoms with Gasteiger partial charge in [-0.25, -0.2) is 9.67 Å². The molecule has 0 amide bonds. The van der Waals surface area contributed by atoms with Gasteiger partial charge < -0.3 is 10.6 Å². The highest BCUT2D eigenvalue weighted by molar-refractivity contribution is 5.81. The molecule has 3 aromatic rings. The van der Waals surface area contributed by atoms with Crippen molar-refractivity contribution < 1.29 is 0 Å². The number of aromatic nitrogens is 4. The molecule has 0 bridgehead atoms. The van der Waals surface area contributed by atoms with E-state index >= 15 is 0 Å². The maximum Gasteiger partial charge on any atom is 0.132 e. The summed E-state index contributed by atoms with van der Waals surface area (Å²) in [5, 5.41) is 10.0. The Balaban J connectivity index is 1.23. The third kappa shape index (κ3) is 3.84. The lowest BCUT2D eigenvalue weighted by Crippen LogP contribution is -2.35. The van der Waals surface area contributed by atoms with E-state index in [4.69, 9.17) is 10.7 Å². The standard InChI is InChI=1S/C22H29N7/c1-16-12-17-4-2-3-5-21(17)24-22(16)28-10-7-20(8-11-28)29-15-19(25-26-29)14-27-9-6-18(23)13-27/h2-5,12,15,18,20H,6-11,13-14,23H2,1H3/t18-/m1/s1. The molecule has 7 heteroatoms. The van der Waals surface area contributed by atoms with Gasteiger partial charge in [-0.3, -0.25) is 4.90 Å². The van der Waals surface area contributed by atoms with Gasteiger partial charge in [0.05, 0.1) is 23.4 Å². The quantitative estimate of drug-likeness (QED) is 0.736. The van der Waals surface area contributed by atoms with Gasteiger partial charge in [-0.1, -0.05) is 23.4 Å². The first kappa shape index (κ1) is 18.5.